The summed E-state index contributed by atoms with van der Waals surface area (Å²) >= 11 is 0. The van der Waals surface area contributed by atoms with E-state index in [2.05, 4.69) is 24.8 Å². The summed E-state index contributed by atoms with van der Waals surface area (Å²) in [5, 5.41) is 9.77. The van der Waals surface area contributed by atoms with Crippen molar-refractivity contribution in [2.75, 3.05) is 7.11 Å². The molecule has 0 amide bonds. The molecular formula is C17H27NO2. The molecule has 1 fully saturated rings. The van der Waals surface area contributed by atoms with Crippen molar-refractivity contribution in [3.63, 3.8) is 0 Å². The summed E-state index contributed by atoms with van der Waals surface area (Å²) in [4.78, 5) is 2.55. The number of hydrogen-bond donors (Lipinski definition) is 1. The zero-order valence-electron chi connectivity index (χ0n) is 13.1. The summed E-state index contributed by atoms with van der Waals surface area (Å²) in [6, 6.07) is 7.21. The lowest BCUT2D eigenvalue weighted by atomic mass is 9.96. The van der Waals surface area contributed by atoms with E-state index in [1.165, 1.54) is 24.8 Å². The smallest absolute Gasteiger partial charge is 0.123 e. The van der Waals surface area contributed by atoms with E-state index in [9.17, 15) is 5.11 Å². The fourth-order valence-electron chi connectivity index (χ4n) is 3.17. The fourth-order valence-corrected chi connectivity index (χ4v) is 3.17. The van der Waals surface area contributed by atoms with Gasteiger partial charge >= 0.3 is 0 Å². The Bertz CT molecular complexity index is 435. The Balaban J connectivity index is 2.24. The molecule has 1 heterocycles. The van der Waals surface area contributed by atoms with E-state index in [1.807, 2.05) is 12.1 Å². The van der Waals surface area contributed by atoms with Gasteiger partial charge < -0.3 is 9.84 Å². The zero-order chi connectivity index (χ0) is 14.7. The van der Waals surface area contributed by atoms with Gasteiger partial charge in [0, 0.05) is 24.2 Å². The van der Waals surface area contributed by atoms with Gasteiger partial charge in [-0.05, 0) is 51.3 Å². The Kier molecular flexibility index (Phi) is 5.06. The number of methoxy groups -OCH3 is 1. The molecular weight excluding hydrogens is 250 g/mol. The van der Waals surface area contributed by atoms with Crippen molar-refractivity contribution in [3.05, 3.63) is 29.3 Å². The van der Waals surface area contributed by atoms with Gasteiger partial charge in [0.2, 0.25) is 0 Å². The third kappa shape index (κ3) is 3.33. The van der Waals surface area contributed by atoms with Gasteiger partial charge in [-0.1, -0.05) is 12.5 Å². The molecule has 1 N–H and O–H groups in total. The molecule has 0 aromatic heterocycles. The largest absolute Gasteiger partial charge is 0.496 e. The summed E-state index contributed by atoms with van der Waals surface area (Å²) in [5.74, 6) is 0.916. The van der Waals surface area contributed by atoms with E-state index in [0.717, 1.165) is 17.9 Å². The lowest BCUT2D eigenvalue weighted by Gasteiger charge is -2.39. The van der Waals surface area contributed by atoms with Gasteiger partial charge in [0.1, 0.15) is 5.75 Å². The van der Waals surface area contributed by atoms with E-state index in [4.69, 9.17) is 4.74 Å². The average molecular weight is 277 g/mol. The summed E-state index contributed by atoms with van der Waals surface area (Å²) in [6.45, 7) is 7.31. The van der Waals surface area contributed by atoms with Crippen molar-refractivity contribution >= 4 is 0 Å². The SMILES string of the molecule is COc1ccc(C(C)O)cc1CN1[C@H](C)CCC[C@@H]1C. The number of hydrogen-bond acceptors (Lipinski definition) is 3. The minimum Gasteiger partial charge on any atom is -0.496 e. The molecule has 2 rings (SSSR count). The van der Waals surface area contributed by atoms with Gasteiger partial charge in [-0.2, -0.15) is 0 Å². The van der Waals surface area contributed by atoms with Crippen LogP contribution in [0.4, 0.5) is 0 Å². The van der Waals surface area contributed by atoms with E-state index >= 15 is 0 Å². The molecule has 1 saturated heterocycles. The summed E-state index contributed by atoms with van der Waals surface area (Å²) in [6.07, 6.45) is 3.42. The molecule has 0 aliphatic carbocycles. The minimum absolute atomic E-state index is 0.434. The molecule has 1 aliphatic rings. The monoisotopic (exact) mass is 277 g/mol. The summed E-state index contributed by atoms with van der Waals surface area (Å²) in [5.41, 5.74) is 2.13. The number of aliphatic hydroxyl groups excluding tert-OH is 1. The molecule has 3 nitrogen and oxygen atoms in total. The lowest BCUT2D eigenvalue weighted by Crippen LogP contribution is -2.43. The van der Waals surface area contributed by atoms with Crippen LogP contribution < -0.4 is 4.74 Å². The van der Waals surface area contributed by atoms with Crippen LogP contribution in [0.25, 0.3) is 0 Å². The Labute approximate surface area is 122 Å². The quantitative estimate of drug-likeness (QED) is 0.914. The summed E-state index contributed by atoms with van der Waals surface area (Å²) in [7, 11) is 1.71. The first-order valence-electron chi connectivity index (χ1n) is 7.63. The van der Waals surface area contributed by atoms with Crippen LogP contribution >= 0.6 is 0 Å². The lowest BCUT2D eigenvalue weighted by molar-refractivity contribution is 0.0941. The number of benzene rings is 1. The Morgan fingerprint density at radius 1 is 1.30 bits per heavy atom. The van der Waals surface area contributed by atoms with Crippen LogP contribution in [0.15, 0.2) is 18.2 Å². The highest BCUT2D eigenvalue weighted by molar-refractivity contribution is 5.38. The minimum atomic E-state index is -0.434. The van der Waals surface area contributed by atoms with Gasteiger partial charge in [-0.15, -0.1) is 0 Å². The predicted octanol–water partition coefficient (Wildman–Crippen LogP) is 3.51. The maximum absolute atomic E-state index is 9.77. The van der Waals surface area contributed by atoms with E-state index < -0.39 is 6.10 Å². The number of likely N-dealkylation sites (tertiary alicyclic amines) is 1. The highest BCUT2D eigenvalue weighted by Gasteiger charge is 2.25. The third-order valence-electron chi connectivity index (χ3n) is 4.52. The van der Waals surface area contributed by atoms with Crippen LogP contribution in [0, 0.1) is 0 Å². The topological polar surface area (TPSA) is 32.7 Å². The number of rotatable bonds is 4. The number of ether oxygens (including phenoxy) is 1. The molecule has 3 heteroatoms. The number of piperidine rings is 1. The van der Waals surface area contributed by atoms with Crippen molar-refractivity contribution < 1.29 is 9.84 Å². The third-order valence-corrected chi connectivity index (χ3v) is 4.52. The molecule has 1 unspecified atom stereocenters. The highest BCUT2D eigenvalue weighted by Crippen LogP contribution is 2.29. The Morgan fingerprint density at radius 3 is 2.50 bits per heavy atom. The molecule has 0 bridgehead atoms. The maximum atomic E-state index is 9.77. The molecule has 0 spiro atoms. The predicted molar refractivity (Wildman–Crippen MR) is 81.9 cm³/mol. The van der Waals surface area contributed by atoms with Gasteiger partial charge in [0.05, 0.1) is 13.2 Å². The van der Waals surface area contributed by atoms with E-state index in [-0.39, 0.29) is 0 Å². The standard InChI is InChI=1S/C17H27NO2/c1-12-6-5-7-13(2)18(12)11-16-10-15(14(3)19)8-9-17(16)20-4/h8-10,12-14,19H,5-7,11H2,1-4H3/t12-,13+,14?. The van der Waals surface area contributed by atoms with Crippen LogP contribution in [-0.2, 0) is 6.54 Å². The van der Waals surface area contributed by atoms with Crippen LogP contribution in [0.5, 0.6) is 5.75 Å². The van der Waals surface area contributed by atoms with Crippen molar-refractivity contribution in [3.8, 4) is 5.75 Å². The first-order valence-corrected chi connectivity index (χ1v) is 7.63. The molecule has 1 aliphatic heterocycles. The maximum Gasteiger partial charge on any atom is 0.123 e. The second kappa shape index (κ2) is 6.59. The Hall–Kier alpha value is -1.06. The molecule has 0 saturated carbocycles. The van der Waals surface area contributed by atoms with Gasteiger partial charge in [0.15, 0.2) is 0 Å². The molecule has 20 heavy (non-hydrogen) atoms. The Morgan fingerprint density at radius 2 is 1.95 bits per heavy atom. The van der Waals surface area contributed by atoms with Crippen molar-refractivity contribution in [1.29, 1.82) is 0 Å². The van der Waals surface area contributed by atoms with Crippen molar-refractivity contribution in [2.24, 2.45) is 0 Å². The molecule has 0 radical (unpaired) electrons. The molecule has 1 aromatic rings. The highest BCUT2D eigenvalue weighted by atomic mass is 16.5. The zero-order valence-corrected chi connectivity index (χ0v) is 13.1. The van der Waals surface area contributed by atoms with E-state index in [1.54, 1.807) is 14.0 Å². The van der Waals surface area contributed by atoms with Gasteiger partial charge in [-0.3, -0.25) is 4.90 Å². The van der Waals surface area contributed by atoms with Crippen molar-refractivity contribution in [1.82, 2.24) is 4.90 Å². The number of nitrogens with zero attached hydrogens (tertiary/aromatic N) is 1. The molecule has 3 atom stereocenters. The first-order chi connectivity index (χ1) is 9.52. The van der Waals surface area contributed by atoms with Crippen LogP contribution in [0.3, 0.4) is 0 Å². The first kappa shape index (κ1) is 15.3. The second-order valence-corrected chi connectivity index (χ2v) is 6.05. The molecule has 112 valence electrons. The van der Waals surface area contributed by atoms with Gasteiger partial charge in [0.25, 0.3) is 0 Å². The number of aliphatic hydroxyl groups is 1. The van der Waals surface area contributed by atoms with Crippen LogP contribution in [0.1, 0.15) is 57.3 Å². The van der Waals surface area contributed by atoms with Crippen LogP contribution in [-0.4, -0.2) is 29.2 Å². The summed E-state index contributed by atoms with van der Waals surface area (Å²) < 4.78 is 5.48. The van der Waals surface area contributed by atoms with Gasteiger partial charge in [-0.25, -0.2) is 0 Å². The van der Waals surface area contributed by atoms with Crippen LogP contribution in [0.2, 0.25) is 0 Å². The average Bonchev–Trinajstić information content (AvgIpc) is 2.42. The van der Waals surface area contributed by atoms with E-state index in [0.29, 0.717) is 12.1 Å². The second-order valence-electron chi connectivity index (χ2n) is 6.05. The van der Waals surface area contributed by atoms with Crippen molar-refractivity contribution in [2.45, 2.75) is 64.8 Å². The molecule has 1 aromatic carbocycles. The fraction of sp³-hybridized carbons (Fsp3) is 0.647. The normalized spacial score (nSPS) is 25.4.